The van der Waals surface area contributed by atoms with E-state index in [2.05, 4.69) is 14.9 Å². The van der Waals surface area contributed by atoms with Crippen molar-refractivity contribution >= 4 is 34.7 Å². The molecule has 0 radical (unpaired) electrons. The van der Waals surface area contributed by atoms with Gasteiger partial charge >= 0.3 is 0 Å². The lowest BCUT2D eigenvalue weighted by molar-refractivity contribution is -0.115. The summed E-state index contributed by atoms with van der Waals surface area (Å²) in [7, 11) is 1.64. The van der Waals surface area contributed by atoms with E-state index in [1.54, 1.807) is 7.11 Å². The van der Waals surface area contributed by atoms with Gasteiger partial charge in [0, 0.05) is 24.7 Å². The number of thioether (sulfide) groups is 1. The summed E-state index contributed by atoms with van der Waals surface area (Å²) in [5, 5.41) is 2.75. The fourth-order valence-electron chi connectivity index (χ4n) is 2.99. The largest absolute Gasteiger partial charge is 0.497 e. The van der Waals surface area contributed by atoms with Crippen LogP contribution in [0.2, 0.25) is 0 Å². The Morgan fingerprint density at radius 2 is 1.97 bits per heavy atom. The van der Waals surface area contributed by atoms with E-state index in [-0.39, 0.29) is 11.2 Å². The predicted molar refractivity (Wildman–Crippen MR) is 118 cm³/mol. The maximum Gasteiger partial charge on any atom is 0.239 e. The monoisotopic (exact) mass is 413 g/mol. The van der Waals surface area contributed by atoms with Crippen molar-refractivity contribution in [1.29, 1.82) is 0 Å². The molecule has 1 aromatic heterocycles. The maximum absolute atomic E-state index is 12.8. The topological polar surface area (TPSA) is 65.4 Å². The molecule has 1 N–H and O–H groups in total. The molecule has 2 aromatic carbocycles. The number of nitrogens with one attached hydrogen (secondary N) is 1. The number of ether oxygens (including phenoxy) is 2. The standard InChI is InChI=1S/C22H27N3O3S/c1-4-28-15-7-14-25-20-9-6-5-8-19(20)23-22(25)24-21(26)16(2)29-18-12-10-17(27-3)11-13-18/h5-6,8-13,16H,4,7,14-15H2,1-3H3,(H,23,24,26). The highest BCUT2D eigenvalue weighted by atomic mass is 32.2. The second-order valence-corrected chi connectivity index (χ2v) is 7.97. The van der Waals surface area contributed by atoms with Crippen molar-refractivity contribution in [3.05, 3.63) is 48.5 Å². The Kier molecular flexibility index (Phi) is 7.55. The van der Waals surface area contributed by atoms with Crippen LogP contribution in [0.4, 0.5) is 5.95 Å². The van der Waals surface area contributed by atoms with Gasteiger partial charge < -0.3 is 14.0 Å². The van der Waals surface area contributed by atoms with Crippen LogP contribution >= 0.6 is 11.8 Å². The van der Waals surface area contributed by atoms with Crippen LogP contribution in [0.25, 0.3) is 11.0 Å². The number of carbonyl (C=O) groups is 1. The molecule has 1 unspecified atom stereocenters. The molecule has 3 rings (SSSR count). The van der Waals surface area contributed by atoms with Crippen LogP contribution in [0.15, 0.2) is 53.4 Å². The summed E-state index contributed by atoms with van der Waals surface area (Å²) >= 11 is 1.50. The number of nitrogens with zero attached hydrogens (tertiary/aromatic N) is 2. The first-order valence-electron chi connectivity index (χ1n) is 9.77. The first kappa shape index (κ1) is 21.2. The molecule has 1 heterocycles. The molecule has 154 valence electrons. The van der Waals surface area contributed by atoms with E-state index < -0.39 is 0 Å². The number of para-hydroxylation sites is 2. The number of benzene rings is 2. The molecule has 0 saturated carbocycles. The molecule has 7 heteroatoms. The Bertz CT molecular complexity index is 940. The number of anilines is 1. The van der Waals surface area contributed by atoms with E-state index in [4.69, 9.17) is 9.47 Å². The zero-order chi connectivity index (χ0) is 20.6. The second kappa shape index (κ2) is 10.3. The number of methoxy groups -OCH3 is 1. The Morgan fingerprint density at radius 3 is 2.69 bits per heavy atom. The summed E-state index contributed by atoms with van der Waals surface area (Å²) in [4.78, 5) is 18.5. The molecule has 0 aliphatic carbocycles. The number of fused-ring (bicyclic) bond motifs is 1. The second-order valence-electron chi connectivity index (χ2n) is 6.55. The molecule has 1 amide bonds. The van der Waals surface area contributed by atoms with Crippen LogP contribution in [-0.4, -0.2) is 41.0 Å². The smallest absolute Gasteiger partial charge is 0.239 e. The van der Waals surface area contributed by atoms with Crippen molar-refractivity contribution in [2.24, 2.45) is 0 Å². The first-order valence-corrected chi connectivity index (χ1v) is 10.6. The van der Waals surface area contributed by atoms with Crippen molar-refractivity contribution < 1.29 is 14.3 Å². The highest BCUT2D eigenvalue weighted by molar-refractivity contribution is 8.00. The number of hydrogen-bond donors (Lipinski definition) is 1. The van der Waals surface area contributed by atoms with Gasteiger partial charge in [-0.25, -0.2) is 4.98 Å². The zero-order valence-electron chi connectivity index (χ0n) is 17.1. The van der Waals surface area contributed by atoms with Crippen LogP contribution in [0, 0.1) is 0 Å². The maximum atomic E-state index is 12.8. The van der Waals surface area contributed by atoms with Crippen LogP contribution in [-0.2, 0) is 16.1 Å². The van der Waals surface area contributed by atoms with Crippen molar-refractivity contribution in [3.63, 3.8) is 0 Å². The van der Waals surface area contributed by atoms with Gasteiger partial charge in [0.15, 0.2) is 0 Å². The molecule has 0 aliphatic rings. The molecular formula is C22H27N3O3S. The fraction of sp³-hybridized carbons (Fsp3) is 0.364. The van der Waals surface area contributed by atoms with Gasteiger partial charge in [-0.2, -0.15) is 0 Å². The third-order valence-corrected chi connectivity index (χ3v) is 5.62. The lowest BCUT2D eigenvalue weighted by atomic mass is 10.3. The van der Waals surface area contributed by atoms with Crippen LogP contribution in [0.5, 0.6) is 5.75 Å². The van der Waals surface area contributed by atoms with Gasteiger partial charge in [-0.3, -0.25) is 10.1 Å². The van der Waals surface area contributed by atoms with Crippen molar-refractivity contribution in [1.82, 2.24) is 9.55 Å². The Labute approximate surface area is 175 Å². The molecule has 29 heavy (non-hydrogen) atoms. The number of aromatic nitrogens is 2. The van der Waals surface area contributed by atoms with Gasteiger partial charge in [-0.05, 0) is 56.7 Å². The van der Waals surface area contributed by atoms with Gasteiger partial charge in [-0.15, -0.1) is 11.8 Å². The van der Waals surface area contributed by atoms with E-state index in [1.807, 2.05) is 62.4 Å². The molecule has 1 atom stereocenters. The molecule has 0 aliphatic heterocycles. The van der Waals surface area contributed by atoms with E-state index in [0.717, 1.165) is 34.6 Å². The highest BCUT2D eigenvalue weighted by Gasteiger charge is 2.18. The summed E-state index contributed by atoms with van der Waals surface area (Å²) in [5.74, 6) is 1.30. The minimum atomic E-state index is -0.264. The third-order valence-electron chi connectivity index (χ3n) is 4.51. The van der Waals surface area contributed by atoms with E-state index in [1.165, 1.54) is 11.8 Å². The van der Waals surface area contributed by atoms with Crippen LogP contribution < -0.4 is 10.1 Å². The van der Waals surface area contributed by atoms with Crippen molar-refractivity contribution in [2.45, 2.75) is 37.0 Å². The lowest BCUT2D eigenvalue weighted by Crippen LogP contribution is -2.24. The van der Waals surface area contributed by atoms with E-state index in [0.29, 0.717) is 19.2 Å². The zero-order valence-corrected chi connectivity index (χ0v) is 17.9. The quantitative estimate of drug-likeness (QED) is 0.389. The lowest BCUT2D eigenvalue weighted by Gasteiger charge is -2.14. The van der Waals surface area contributed by atoms with Crippen LogP contribution in [0.3, 0.4) is 0 Å². The van der Waals surface area contributed by atoms with Crippen molar-refractivity contribution in [3.8, 4) is 5.75 Å². The minimum Gasteiger partial charge on any atom is -0.497 e. The number of carbonyl (C=O) groups excluding carboxylic acids is 1. The van der Waals surface area contributed by atoms with E-state index in [9.17, 15) is 4.79 Å². The van der Waals surface area contributed by atoms with Gasteiger partial charge in [0.1, 0.15) is 5.75 Å². The number of amides is 1. The van der Waals surface area contributed by atoms with Crippen molar-refractivity contribution in [2.75, 3.05) is 25.6 Å². The minimum absolute atomic E-state index is 0.0767. The average molecular weight is 414 g/mol. The summed E-state index contributed by atoms with van der Waals surface area (Å²) in [6, 6.07) is 15.6. The average Bonchev–Trinajstić information content (AvgIpc) is 3.08. The van der Waals surface area contributed by atoms with E-state index >= 15 is 0 Å². The summed E-state index contributed by atoms with van der Waals surface area (Å²) < 4.78 is 12.7. The molecule has 0 spiro atoms. The van der Waals surface area contributed by atoms with Crippen LogP contribution in [0.1, 0.15) is 20.3 Å². The number of imidazole rings is 1. The normalized spacial score (nSPS) is 12.1. The predicted octanol–water partition coefficient (Wildman–Crippen LogP) is 4.59. The number of hydrogen-bond acceptors (Lipinski definition) is 5. The molecule has 0 bridgehead atoms. The highest BCUT2D eigenvalue weighted by Crippen LogP contribution is 2.27. The molecule has 6 nitrogen and oxygen atoms in total. The number of aryl methyl sites for hydroxylation is 1. The van der Waals surface area contributed by atoms with Gasteiger partial charge in [0.25, 0.3) is 0 Å². The van der Waals surface area contributed by atoms with Gasteiger partial charge in [0.05, 0.1) is 23.4 Å². The third kappa shape index (κ3) is 5.52. The summed E-state index contributed by atoms with van der Waals surface area (Å²) in [6.45, 7) is 6.00. The van der Waals surface area contributed by atoms with Gasteiger partial charge in [0.2, 0.25) is 11.9 Å². The Balaban J connectivity index is 1.70. The summed E-state index contributed by atoms with van der Waals surface area (Å²) in [6.07, 6.45) is 0.854. The SMILES string of the molecule is CCOCCCn1c(NC(=O)C(C)Sc2ccc(OC)cc2)nc2ccccc21. The Hall–Kier alpha value is -2.51. The molecule has 0 saturated heterocycles. The molecule has 0 fully saturated rings. The van der Waals surface area contributed by atoms with Gasteiger partial charge in [-0.1, -0.05) is 12.1 Å². The summed E-state index contributed by atoms with van der Waals surface area (Å²) in [5.41, 5.74) is 1.88. The first-order chi connectivity index (χ1) is 14.1. The fourth-order valence-corrected chi connectivity index (χ4v) is 3.86. The Morgan fingerprint density at radius 1 is 1.21 bits per heavy atom. The molecule has 3 aromatic rings. The number of rotatable bonds is 10. The molecular weight excluding hydrogens is 386 g/mol.